The number of hydrogen-bond acceptors (Lipinski definition) is 3. The van der Waals surface area contributed by atoms with Gasteiger partial charge in [0.1, 0.15) is 0 Å². The van der Waals surface area contributed by atoms with E-state index in [1.807, 2.05) is 0 Å². The lowest BCUT2D eigenvalue weighted by atomic mass is 9.84. The molecule has 0 bridgehead atoms. The molecule has 1 fully saturated rings. The lowest BCUT2D eigenvalue weighted by Gasteiger charge is -2.46. The van der Waals surface area contributed by atoms with E-state index < -0.39 is 0 Å². The fraction of sp³-hybridized carbons (Fsp3) is 1.00. The number of ether oxygens (including phenoxy) is 1. The highest BCUT2D eigenvalue weighted by molar-refractivity contribution is 4.90. The minimum absolute atomic E-state index is 0.329. The van der Waals surface area contributed by atoms with Crippen molar-refractivity contribution in [1.82, 2.24) is 10.2 Å². The Labute approximate surface area is 94.2 Å². The van der Waals surface area contributed by atoms with Gasteiger partial charge in [0.2, 0.25) is 0 Å². The van der Waals surface area contributed by atoms with Crippen molar-refractivity contribution in [3.8, 4) is 0 Å². The Kier molecular flexibility index (Phi) is 4.56. The van der Waals surface area contributed by atoms with Crippen molar-refractivity contribution in [3.63, 3.8) is 0 Å². The normalized spacial score (nSPS) is 26.6. The van der Waals surface area contributed by atoms with Crippen molar-refractivity contribution < 1.29 is 4.74 Å². The van der Waals surface area contributed by atoms with Crippen molar-refractivity contribution in [2.75, 3.05) is 33.4 Å². The molecule has 2 atom stereocenters. The van der Waals surface area contributed by atoms with Crippen molar-refractivity contribution in [2.24, 2.45) is 5.41 Å². The van der Waals surface area contributed by atoms with E-state index in [9.17, 15) is 0 Å². The molecule has 3 nitrogen and oxygen atoms in total. The largest absolute Gasteiger partial charge is 0.383 e. The molecule has 15 heavy (non-hydrogen) atoms. The molecule has 3 heteroatoms. The molecule has 1 heterocycles. The van der Waals surface area contributed by atoms with Crippen LogP contribution in [0.5, 0.6) is 0 Å². The average molecular weight is 214 g/mol. The zero-order chi connectivity index (χ0) is 11.5. The molecular weight excluding hydrogens is 188 g/mol. The number of piperazine rings is 1. The average Bonchev–Trinajstić information content (AvgIpc) is 2.17. The Hall–Kier alpha value is -0.120. The molecule has 1 N–H and O–H groups in total. The molecule has 0 aromatic heterocycles. The Balaban J connectivity index is 2.65. The summed E-state index contributed by atoms with van der Waals surface area (Å²) in [5.74, 6) is 0. The predicted octanol–water partition coefficient (Wildman–Crippen LogP) is 1.34. The third kappa shape index (κ3) is 3.44. The zero-order valence-corrected chi connectivity index (χ0v) is 10.8. The van der Waals surface area contributed by atoms with Crippen LogP contribution in [-0.4, -0.2) is 50.3 Å². The summed E-state index contributed by atoms with van der Waals surface area (Å²) in [5, 5.41) is 3.49. The maximum absolute atomic E-state index is 5.26. The second-order valence-corrected chi connectivity index (χ2v) is 5.63. The van der Waals surface area contributed by atoms with Crippen LogP contribution in [0.4, 0.5) is 0 Å². The van der Waals surface area contributed by atoms with Crippen LogP contribution >= 0.6 is 0 Å². The van der Waals surface area contributed by atoms with E-state index in [0.717, 1.165) is 26.2 Å². The summed E-state index contributed by atoms with van der Waals surface area (Å²) >= 11 is 0. The third-order valence-electron chi connectivity index (χ3n) is 3.26. The maximum Gasteiger partial charge on any atom is 0.0615 e. The molecule has 1 aliphatic heterocycles. The van der Waals surface area contributed by atoms with Crippen molar-refractivity contribution >= 4 is 0 Å². The van der Waals surface area contributed by atoms with E-state index in [1.165, 1.54) is 0 Å². The quantitative estimate of drug-likeness (QED) is 0.767. The molecule has 0 radical (unpaired) electrons. The molecule has 1 saturated heterocycles. The molecule has 0 aliphatic carbocycles. The number of nitrogens with one attached hydrogen (secondary N) is 1. The van der Waals surface area contributed by atoms with Gasteiger partial charge in [-0.25, -0.2) is 0 Å². The lowest BCUT2D eigenvalue weighted by molar-refractivity contribution is 0.0121. The first-order valence-corrected chi connectivity index (χ1v) is 5.92. The van der Waals surface area contributed by atoms with Gasteiger partial charge in [-0.1, -0.05) is 20.8 Å². The van der Waals surface area contributed by atoms with Crippen LogP contribution in [0.3, 0.4) is 0 Å². The highest BCUT2D eigenvalue weighted by atomic mass is 16.5. The van der Waals surface area contributed by atoms with E-state index in [1.54, 1.807) is 7.11 Å². The molecule has 0 spiro atoms. The summed E-state index contributed by atoms with van der Waals surface area (Å²) in [7, 11) is 1.78. The Morgan fingerprint density at radius 2 is 2.13 bits per heavy atom. The molecule has 1 rings (SSSR count). The highest BCUT2D eigenvalue weighted by Crippen LogP contribution is 2.26. The summed E-state index contributed by atoms with van der Waals surface area (Å²) in [6, 6.07) is 1.12. The standard InChI is InChI=1S/C12H26N2O/c1-10(9-15-5)14-7-6-13-8-11(14)12(2,3)4/h10-11,13H,6-9H2,1-5H3. The van der Waals surface area contributed by atoms with Crippen molar-refractivity contribution in [1.29, 1.82) is 0 Å². The van der Waals surface area contributed by atoms with Gasteiger partial charge in [-0.05, 0) is 12.3 Å². The van der Waals surface area contributed by atoms with Gasteiger partial charge in [0.15, 0.2) is 0 Å². The molecule has 0 saturated carbocycles. The lowest BCUT2D eigenvalue weighted by Crippen LogP contribution is -2.59. The van der Waals surface area contributed by atoms with Crippen LogP contribution in [0.1, 0.15) is 27.7 Å². The number of nitrogens with zero attached hydrogens (tertiary/aromatic N) is 1. The first-order chi connectivity index (χ1) is 6.96. The summed E-state index contributed by atoms with van der Waals surface area (Å²) in [4.78, 5) is 2.58. The van der Waals surface area contributed by atoms with E-state index in [2.05, 4.69) is 37.9 Å². The van der Waals surface area contributed by atoms with Crippen LogP contribution < -0.4 is 5.32 Å². The van der Waals surface area contributed by atoms with Crippen LogP contribution in [0.15, 0.2) is 0 Å². The van der Waals surface area contributed by atoms with E-state index in [4.69, 9.17) is 4.74 Å². The summed E-state index contributed by atoms with van der Waals surface area (Å²) < 4.78 is 5.26. The predicted molar refractivity (Wildman–Crippen MR) is 64.2 cm³/mol. The first kappa shape index (κ1) is 12.9. The molecule has 1 aliphatic rings. The van der Waals surface area contributed by atoms with Crippen molar-refractivity contribution in [2.45, 2.75) is 39.8 Å². The Bertz CT molecular complexity index is 189. The zero-order valence-electron chi connectivity index (χ0n) is 10.8. The number of hydrogen-bond donors (Lipinski definition) is 1. The fourth-order valence-electron chi connectivity index (χ4n) is 2.39. The third-order valence-corrected chi connectivity index (χ3v) is 3.26. The van der Waals surface area contributed by atoms with E-state index in [-0.39, 0.29) is 0 Å². The molecule has 90 valence electrons. The second kappa shape index (κ2) is 5.28. The maximum atomic E-state index is 5.26. The van der Waals surface area contributed by atoms with Crippen LogP contribution in [0.2, 0.25) is 0 Å². The van der Waals surface area contributed by atoms with E-state index in [0.29, 0.717) is 17.5 Å². The van der Waals surface area contributed by atoms with Crippen LogP contribution in [0, 0.1) is 5.41 Å². The monoisotopic (exact) mass is 214 g/mol. The van der Waals surface area contributed by atoms with Gasteiger partial charge in [0.25, 0.3) is 0 Å². The number of rotatable bonds is 3. The fourth-order valence-corrected chi connectivity index (χ4v) is 2.39. The van der Waals surface area contributed by atoms with Crippen molar-refractivity contribution in [3.05, 3.63) is 0 Å². The van der Waals surface area contributed by atoms with Gasteiger partial charge >= 0.3 is 0 Å². The van der Waals surface area contributed by atoms with Gasteiger partial charge in [0.05, 0.1) is 6.61 Å². The molecule has 0 aromatic rings. The SMILES string of the molecule is COCC(C)N1CCNCC1C(C)(C)C. The number of methoxy groups -OCH3 is 1. The topological polar surface area (TPSA) is 24.5 Å². The minimum atomic E-state index is 0.329. The van der Waals surface area contributed by atoms with Crippen LogP contribution in [-0.2, 0) is 4.74 Å². The smallest absolute Gasteiger partial charge is 0.0615 e. The Morgan fingerprint density at radius 3 is 2.67 bits per heavy atom. The summed E-state index contributed by atoms with van der Waals surface area (Å²) in [5.41, 5.74) is 0.329. The minimum Gasteiger partial charge on any atom is -0.383 e. The first-order valence-electron chi connectivity index (χ1n) is 5.92. The van der Waals surface area contributed by atoms with E-state index >= 15 is 0 Å². The van der Waals surface area contributed by atoms with Crippen LogP contribution in [0.25, 0.3) is 0 Å². The molecule has 0 amide bonds. The Morgan fingerprint density at radius 1 is 1.47 bits per heavy atom. The van der Waals surface area contributed by atoms with Gasteiger partial charge in [-0.15, -0.1) is 0 Å². The summed E-state index contributed by atoms with van der Waals surface area (Å²) in [6.45, 7) is 13.4. The summed E-state index contributed by atoms with van der Waals surface area (Å²) in [6.07, 6.45) is 0. The van der Waals surface area contributed by atoms with Gasteiger partial charge < -0.3 is 10.1 Å². The molecule has 0 aromatic carbocycles. The highest BCUT2D eigenvalue weighted by Gasteiger charge is 2.34. The van der Waals surface area contributed by atoms with Gasteiger partial charge in [-0.3, -0.25) is 4.90 Å². The molecule has 2 unspecified atom stereocenters. The van der Waals surface area contributed by atoms with Gasteiger partial charge in [0, 0.05) is 38.8 Å². The second-order valence-electron chi connectivity index (χ2n) is 5.63. The van der Waals surface area contributed by atoms with Gasteiger partial charge in [-0.2, -0.15) is 0 Å². The molecular formula is C12H26N2O.